The molecular weight excluding hydrogens is 1220 g/mol. The third-order valence-electron chi connectivity index (χ3n) is 15.6. The second kappa shape index (κ2) is 32.8. The number of aliphatic hydroxyl groups is 18. The Hall–Kier alpha value is -3.85. The lowest BCUT2D eigenvalue weighted by atomic mass is 9.88. The van der Waals surface area contributed by atoms with Crippen molar-refractivity contribution in [2.75, 3.05) is 52.9 Å². The van der Waals surface area contributed by atoms with Crippen LogP contribution in [0.2, 0.25) is 0 Å². The molecule has 0 aromatic carbocycles. The molecule has 23 N–H and O–H groups in total. The zero-order chi connectivity index (χ0) is 66.1. The van der Waals surface area contributed by atoms with E-state index in [9.17, 15) is 121 Å². The van der Waals surface area contributed by atoms with Crippen molar-refractivity contribution < 1.29 is 178 Å². The lowest BCUT2D eigenvalue weighted by molar-refractivity contribution is -0.398. The Labute approximate surface area is 504 Å². The first-order valence-electron chi connectivity index (χ1n) is 27.9. The molecule has 0 spiro atoms. The summed E-state index contributed by atoms with van der Waals surface area (Å²) in [5, 5.41) is 217. The van der Waals surface area contributed by atoms with E-state index in [0.717, 1.165) is 20.8 Å². The molecule has 0 radical (unpaired) electrons. The Bertz CT molecular complexity index is 2270. The highest BCUT2D eigenvalue weighted by Gasteiger charge is 2.62. The van der Waals surface area contributed by atoms with Crippen LogP contribution in [0, 0.1) is 0 Å². The molecule has 6 heterocycles. The fourth-order valence-electron chi connectivity index (χ4n) is 11.0. The average Bonchev–Trinajstić information content (AvgIpc) is 0.838. The molecular formula is C49H82N4O36. The van der Waals surface area contributed by atoms with Crippen molar-refractivity contribution in [2.24, 2.45) is 0 Å². The van der Waals surface area contributed by atoms with Gasteiger partial charge in [-0.15, -0.1) is 0 Å². The van der Waals surface area contributed by atoms with Crippen LogP contribution in [0.4, 0.5) is 0 Å². The molecule has 0 aromatic rings. The molecule has 40 heteroatoms. The van der Waals surface area contributed by atoms with Crippen LogP contribution in [0.5, 0.6) is 0 Å². The molecule has 6 rings (SSSR count). The predicted molar refractivity (Wildman–Crippen MR) is 275 cm³/mol. The van der Waals surface area contributed by atoms with E-state index in [2.05, 4.69) is 21.3 Å². The molecule has 32 atom stereocenters. The minimum Gasteiger partial charge on any atom is -0.477 e. The standard InChI is InChI=1S/C49H82N4O36/c1-14(62)51-25-18(65)4-49(48(76)77,88-40(25)28(67)19(66)6-55)89-41-31(70)22(9-58)81-46(35(41)74)86-39-27(53-16(3)64)44(80-21(8-57)30(39)69)87-42-36(75)47(84-37-23(10-59)82-45(34(73)33(37)72)78-12-17(5-54)50-13-61)83-24(11-60)38(42)85-43-26(52-15(2)63)32(71)29(68)20(7-56)79-43/h13,17-47,54-60,65-75H,4-12H2,1-3H3,(H,50,61)(H,51,62)(H,52,63)(H,53,64)(H,76,77)/t17-,18+,19-,20-,21-,22-,23-,24-,25-,26-,27-,28-,29+,30-,31+,32-,33-,34-,35-,36-,37-,38+,39-,40-,41+,42-,43+,44+,45-,46+,47+,49+/m1/s1. The number of amides is 4. The smallest absolute Gasteiger partial charge is 0.364 e. The zero-order valence-electron chi connectivity index (χ0n) is 47.8. The molecule has 514 valence electrons. The van der Waals surface area contributed by atoms with Gasteiger partial charge in [-0.05, 0) is 0 Å². The van der Waals surface area contributed by atoms with Gasteiger partial charge in [0, 0.05) is 27.2 Å². The highest BCUT2D eigenvalue weighted by molar-refractivity contribution is 5.77. The molecule has 0 aromatic heterocycles. The van der Waals surface area contributed by atoms with Gasteiger partial charge in [0.05, 0.1) is 71.0 Å². The Balaban J connectivity index is 1.39. The maximum Gasteiger partial charge on any atom is 0.364 e. The van der Waals surface area contributed by atoms with Gasteiger partial charge in [0.2, 0.25) is 24.1 Å². The van der Waals surface area contributed by atoms with Crippen molar-refractivity contribution in [1.82, 2.24) is 21.3 Å². The number of carboxylic acid groups (broad SMARTS) is 1. The number of aliphatic hydroxyl groups excluding tert-OH is 18. The van der Waals surface area contributed by atoms with E-state index < -0.39 is 279 Å². The minimum atomic E-state index is -3.28. The molecule has 0 bridgehead atoms. The first-order valence-corrected chi connectivity index (χ1v) is 27.9. The van der Waals surface area contributed by atoms with Crippen LogP contribution >= 0.6 is 0 Å². The predicted octanol–water partition coefficient (Wildman–Crippen LogP) is -15.3. The van der Waals surface area contributed by atoms with Crippen LogP contribution in [0.15, 0.2) is 0 Å². The maximum atomic E-state index is 13.2. The number of rotatable bonds is 28. The molecule has 4 amide bonds. The molecule has 6 fully saturated rings. The van der Waals surface area contributed by atoms with E-state index >= 15 is 0 Å². The summed E-state index contributed by atoms with van der Waals surface area (Å²) in [6, 6.07) is -6.56. The lowest BCUT2D eigenvalue weighted by Gasteiger charge is -2.52. The van der Waals surface area contributed by atoms with E-state index in [4.69, 9.17) is 56.8 Å². The Kier molecular flexibility index (Phi) is 27.4. The number of aliphatic carboxylic acids is 1. The zero-order valence-corrected chi connectivity index (χ0v) is 47.8. The second-order valence-electron chi connectivity index (χ2n) is 21.9. The summed E-state index contributed by atoms with van der Waals surface area (Å²) in [5.41, 5.74) is 0. The van der Waals surface area contributed by atoms with Crippen molar-refractivity contribution in [1.29, 1.82) is 0 Å². The van der Waals surface area contributed by atoms with Crippen molar-refractivity contribution in [3.05, 3.63) is 0 Å². The number of ether oxygens (including phenoxy) is 12. The van der Waals surface area contributed by atoms with Crippen LogP contribution in [-0.2, 0) is 80.8 Å². The third-order valence-corrected chi connectivity index (χ3v) is 15.6. The molecule has 6 saturated heterocycles. The first kappa shape index (κ1) is 74.2. The highest BCUT2D eigenvalue weighted by atomic mass is 16.8. The number of carbonyl (C=O) groups excluding carboxylic acids is 4. The molecule has 6 aliphatic rings. The van der Waals surface area contributed by atoms with Crippen LogP contribution < -0.4 is 21.3 Å². The fourth-order valence-corrected chi connectivity index (χ4v) is 11.0. The van der Waals surface area contributed by atoms with Crippen LogP contribution in [0.1, 0.15) is 27.2 Å². The largest absolute Gasteiger partial charge is 0.477 e. The maximum absolute atomic E-state index is 13.2. The summed E-state index contributed by atoms with van der Waals surface area (Å²) in [5.74, 6) is -8.13. The SMILES string of the molecule is CC(=O)N[C@H]1[C@H](O[C@@H]2[C@H](O[C@@H]3O[C@H](CO)[C@@H](O)[C@H](O[C@@H]4O[C@H](CO)[C@H](O)[C@H](O[C@]5(C(=O)O)C[C@H](O)[C@@H](NC(C)=O)[C@H]([C@H](O)[C@H](O)CO)O5)[C@H]4O)[C@H]3NC(C)=O)[C@@H](O)[C@H](O[C@H]3[C@H](O)[C@@H](O)[C@H](OC[C@@H](CO)NC=O)O[C@@H]3CO)O[C@@H]2CO)O[C@H](CO)[C@H](O)[C@@H]1O. The Morgan fingerprint density at radius 2 is 0.955 bits per heavy atom. The van der Waals surface area contributed by atoms with Gasteiger partial charge in [-0.3, -0.25) is 19.2 Å². The molecule has 6 aliphatic heterocycles. The topological polar surface area (TPSA) is 629 Å². The highest BCUT2D eigenvalue weighted by Crippen LogP contribution is 2.40. The van der Waals surface area contributed by atoms with Crippen LogP contribution in [0.3, 0.4) is 0 Å². The van der Waals surface area contributed by atoms with E-state index in [0.29, 0.717) is 0 Å². The number of nitrogens with one attached hydrogen (secondary N) is 4. The normalized spacial score (nSPS) is 43.8. The van der Waals surface area contributed by atoms with Gasteiger partial charge < -0.3 is 175 Å². The summed E-state index contributed by atoms with van der Waals surface area (Å²) < 4.78 is 70.5. The molecule has 0 aliphatic carbocycles. The summed E-state index contributed by atoms with van der Waals surface area (Å²) in [6.07, 6.45) is -57.8. The van der Waals surface area contributed by atoms with Gasteiger partial charge in [-0.1, -0.05) is 0 Å². The number of hydrogen-bond donors (Lipinski definition) is 23. The van der Waals surface area contributed by atoms with Gasteiger partial charge in [0.15, 0.2) is 31.5 Å². The van der Waals surface area contributed by atoms with Gasteiger partial charge in [0.25, 0.3) is 5.79 Å². The first-order chi connectivity index (χ1) is 42.1. The lowest BCUT2D eigenvalue weighted by Crippen LogP contribution is -2.72. The fraction of sp³-hybridized carbons (Fsp3) is 0.898. The van der Waals surface area contributed by atoms with E-state index in [1.807, 2.05) is 0 Å². The minimum absolute atomic E-state index is 0.241. The summed E-state index contributed by atoms with van der Waals surface area (Å²) in [7, 11) is 0. The van der Waals surface area contributed by atoms with Gasteiger partial charge in [0.1, 0.15) is 140 Å². The van der Waals surface area contributed by atoms with Crippen molar-refractivity contribution in [3.8, 4) is 0 Å². The second-order valence-corrected chi connectivity index (χ2v) is 21.9. The van der Waals surface area contributed by atoms with E-state index in [-0.39, 0.29) is 6.41 Å². The number of carbonyl (C=O) groups is 5. The van der Waals surface area contributed by atoms with Gasteiger partial charge in [-0.25, -0.2) is 4.79 Å². The average molecular weight is 1300 g/mol. The van der Waals surface area contributed by atoms with Crippen molar-refractivity contribution >= 4 is 30.1 Å². The van der Waals surface area contributed by atoms with Crippen LogP contribution in [-0.4, -0.2) is 376 Å². The van der Waals surface area contributed by atoms with Gasteiger partial charge >= 0.3 is 5.97 Å². The number of hydrogen-bond acceptors (Lipinski definition) is 35. The monoisotopic (exact) mass is 1300 g/mol. The van der Waals surface area contributed by atoms with Crippen molar-refractivity contribution in [2.45, 2.75) is 223 Å². The molecule has 89 heavy (non-hydrogen) atoms. The quantitative estimate of drug-likeness (QED) is 0.0324. The van der Waals surface area contributed by atoms with E-state index in [1.54, 1.807) is 0 Å². The number of carboxylic acids is 1. The van der Waals surface area contributed by atoms with Crippen LogP contribution in [0.25, 0.3) is 0 Å². The molecule has 40 nitrogen and oxygen atoms in total. The third kappa shape index (κ3) is 16.9. The Morgan fingerprint density at radius 3 is 1.48 bits per heavy atom. The Morgan fingerprint density at radius 1 is 0.506 bits per heavy atom. The molecule has 0 unspecified atom stereocenters. The van der Waals surface area contributed by atoms with Crippen molar-refractivity contribution in [3.63, 3.8) is 0 Å². The van der Waals surface area contributed by atoms with Gasteiger partial charge in [-0.2, -0.15) is 0 Å². The summed E-state index contributed by atoms with van der Waals surface area (Å²) in [4.78, 5) is 62.1. The summed E-state index contributed by atoms with van der Waals surface area (Å²) >= 11 is 0. The molecule has 0 saturated carbocycles. The van der Waals surface area contributed by atoms with E-state index in [1.165, 1.54) is 0 Å². The summed E-state index contributed by atoms with van der Waals surface area (Å²) in [6.45, 7) is -5.08.